The van der Waals surface area contributed by atoms with E-state index in [2.05, 4.69) is 5.32 Å². The second-order valence-electron chi connectivity index (χ2n) is 4.38. The van der Waals surface area contributed by atoms with E-state index in [1.165, 1.54) is 24.3 Å². The second kappa shape index (κ2) is 6.85. The Morgan fingerprint density at radius 2 is 1.90 bits per heavy atom. The molecule has 1 N–H and O–H groups in total. The highest BCUT2D eigenvalue weighted by atomic mass is 35.5. The molecule has 0 aliphatic carbocycles. The van der Waals surface area contributed by atoms with Crippen LogP contribution in [0.3, 0.4) is 0 Å². The molecule has 0 spiro atoms. The summed E-state index contributed by atoms with van der Waals surface area (Å²) in [4.78, 5) is 10.5. The summed E-state index contributed by atoms with van der Waals surface area (Å²) in [6.07, 6.45) is 0. The van der Waals surface area contributed by atoms with E-state index in [1.807, 2.05) is 0 Å². The first-order valence-electron chi connectivity index (χ1n) is 6.05. The maximum absolute atomic E-state index is 13.0. The Bertz CT molecular complexity index is 680. The third-order valence-corrected chi connectivity index (χ3v) is 3.39. The molecule has 0 atom stereocenters. The van der Waals surface area contributed by atoms with Crippen LogP contribution in [-0.4, -0.2) is 4.92 Å². The lowest BCUT2D eigenvalue weighted by Crippen LogP contribution is -2.14. The summed E-state index contributed by atoms with van der Waals surface area (Å²) in [5.74, 6) is -0.481. The maximum atomic E-state index is 13.0. The van der Waals surface area contributed by atoms with Gasteiger partial charge in [0.2, 0.25) is 0 Å². The molecule has 0 fully saturated rings. The summed E-state index contributed by atoms with van der Waals surface area (Å²) in [6, 6.07) is 8.78. The van der Waals surface area contributed by atoms with Crippen molar-refractivity contribution in [3.8, 4) is 0 Å². The predicted molar refractivity (Wildman–Crippen MR) is 80.1 cm³/mol. The second-order valence-corrected chi connectivity index (χ2v) is 5.23. The Kier molecular flexibility index (Phi) is 5.12. The molecule has 0 saturated carbocycles. The maximum Gasteiger partial charge on any atom is 0.273 e. The van der Waals surface area contributed by atoms with Crippen LogP contribution in [0, 0.1) is 15.9 Å². The van der Waals surface area contributed by atoms with E-state index in [1.54, 1.807) is 12.1 Å². The minimum Gasteiger partial charge on any atom is -0.308 e. The molecule has 0 unspecified atom stereocenters. The molecule has 7 heteroatoms. The van der Waals surface area contributed by atoms with Crippen LogP contribution in [0.25, 0.3) is 0 Å². The normalized spacial score (nSPS) is 10.6. The van der Waals surface area contributed by atoms with Gasteiger partial charge in [0.15, 0.2) is 0 Å². The van der Waals surface area contributed by atoms with Gasteiger partial charge in [0.25, 0.3) is 5.69 Å². The average Bonchev–Trinajstić information content (AvgIpc) is 2.42. The average molecular weight is 329 g/mol. The molecule has 4 nitrogen and oxygen atoms in total. The summed E-state index contributed by atoms with van der Waals surface area (Å²) < 4.78 is 13.0. The van der Waals surface area contributed by atoms with Crippen molar-refractivity contribution in [2.45, 2.75) is 13.1 Å². The van der Waals surface area contributed by atoms with Crippen molar-refractivity contribution in [2.75, 3.05) is 0 Å². The van der Waals surface area contributed by atoms with Crippen molar-refractivity contribution >= 4 is 28.9 Å². The Balaban J connectivity index is 2.04. The first-order chi connectivity index (χ1) is 9.97. The van der Waals surface area contributed by atoms with Gasteiger partial charge in [-0.05, 0) is 29.8 Å². The van der Waals surface area contributed by atoms with Crippen LogP contribution in [0.5, 0.6) is 0 Å². The zero-order chi connectivity index (χ0) is 15.4. The molecule has 0 aliphatic rings. The van der Waals surface area contributed by atoms with Crippen molar-refractivity contribution in [3.05, 3.63) is 73.5 Å². The molecule has 0 saturated heterocycles. The molecular formula is C14H11Cl2FN2O2. The van der Waals surface area contributed by atoms with Crippen molar-refractivity contribution < 1.29 is 9.31 Å². The standard InChI is InChI=1S/C14H11Cl2FN2O2/c15-11-2-4-14(19(20)21)10(6-11)8-18-7-9-1-3-13(17)12(16)5-9/h1-6,18H,7-8H2. The molecule has 0 heterocycles. The molecule has 2 aromatic rings. The highest BCUT2D eigenvalue weighted by Crippen LogP contribution is 2.22. The van der Waals surface area contributed by atoms with Crippen molar-refractivity contribution in [3.63, 3.8) is 0 Å². The van der Waals surface area contributed by atoms with Gasteiger partial charge in [-0.2, -0.15) is 0 Å². The van der Waals surface area contributed by atoms with Crippen LogP contribution < -0.4 is 5.32 Å². The molecule has 0 bridgehead atoms. The fraction of sp³-hybridized carbons (Fsp3) is 0.143. The molecule has 110 valence electrons. The molecular weight excluding hydrogens is 318 g/mol. The van der Waals surface area contributed by atoms with E-state index >= 15 is 0 Å². The monoisotopic (exact) mass is 328 g/mol. The van der Waals surface area contributed by atoms with Gasteiger partial charge in [-0.3, -0.25) is 10.1 Å². The highest BCUT2D eigenvalue weighted by Gasteiger charge is 2.13. The number of hydrogen-bond acceptors (Lipinski definition) is 3. The van der Waals surface area contributed by atoms with Crippen LogP contribution in [0.1, 0.15) is 11.1 Å². The number of hydrogen-bond donors (Lipinski definition) is 1. The number of benzene rings is 2. The van der Waals surface area contributed by atoms with Crippen LogP contribution >= 0.6 is 23.2 Å². The largest absolute Gasteiger partial charge is 0.308 e. The fourth-order valence-corrected chi connectivity index (χ4v) is 2.26. The predicted octanol–water partition coefficient (Wildman–Crippen LogP) is 4.33. The van der Waals surface area contributed by atoms with Crippen molar-refractivity contribution in [2.24, 2.45) is 0 Å². The van der Waals surface area contributed by atoms with Gasteiger partial charge in [-0.25, -0.2) is 4.39 Å². The van der Waals surface area contributed by atoms with Gasteiger partial charge >= 0.3 is 0 Å². The van der Waals surface area contributed by atoms with E-state index in [0.717, 1.165) is 5.56 Å². The minimum absolute atomic E-state index is 0.00374. The Labute approximate surface area is 130 Å². The minimum atomic E-state index is -0.481. The quantitative estimate of drug-likeness (QED) is 0.656. The Hall–Kier alpha value is -1.69. The lowest BCUT2D eigenvalue weighted by molar-refractivity contribution is -0.385. The van der Waals surface area contributed by atoms with Gasteiger partial charge < -0.3 is 5.32 Å². The zero-order valence-electron chi connectivity index (χ0n) is 10.8. The summed E-state index contributed by atoms with van der Waals surface area (Å²) >= 11 is 11.5. The summed E-state index contributed by atoms with van der Waals surface area (Å²) in [5.41, 5.74) is 1.27. The molecule has 0 radical (unpaired) electrons. The summed E-state index contributed by atoms with van der Waals surface area (Å²) in [5, 5.41) is 14.4. The van der Waals surface area contributed by atoms with E-state index in [-0.39, 0.29) is 17.3 Å². The molecule has 0 aliphatic heterocycles. The highest BCUT2D eigenvalue weighted by molar-refractivity contribution is 6.31. The molecule has 21 heavy (non-hydrogen) atoms. The first kappa shape index (κ1) is 15.7. The molecule has 2 rings (SSSR count). The molecule has 0 aromatic heterocycles. The Morgan fingerprint density at radius 1 is 1.14 bits per heavy atom. The summed E-state index contributed by atoms with van der Waals surface area (Å²) in [7, 11) is 0. The lowest BCUT2D eigenvalue weighted by Gasteiger charge is -2.07. The van der Waals surface area contributed by atoms with Gasteiger partial charge in [0.05, 0.1) is 9.95 Å². The van der Waals surface area contributed by atoms with Gasteiger partial charge in [0.1, 0.15) is 5.82 Å². The zero-order valence-corrected chi connectivity index (χ0v) is 12.3. The first-order valence-corrected chi connectivity index (χ1v) is 6.80. The van der Waals surface area contributed by atoms with E-state index in [4.69, 9.17) is 23.2 Å². The molecule has 2 aromatic carbocycles. The number of halogens is 3. The van der Waals surface area contributed by atoms with Crippen LogP contribution in [-0.2, 0) is 13.1 Å². The van der Waals surface area contributed by atoms with Crippen LogP contribution in [0.15, 0.2) is 36.4 Å². The number of nitro groups is 1. The third-order valence-electron chi connectivity index (χ3n) is 2.87. The number of rotatable bonds is 5. The van der Waals surface area contributed by atoms with E-state index in [0.29, 0.717) is 17.1 Å². The Morgan fingerprint density at radius 3 is 2.57 bits per heavy atom. The van der Waals surface area contributed by atoms with Gasteiger partial charge in [-0.15, -0.1) is 0 Å². The fourth-order valence-electron chi connectivity index (χ4n) is 1.86. The van der Waals surface area contributed by atoms with E-state index in [9.17, 15) is 14.5 Å². The number of nitrogens with one attached hydrogen (secondary N) is 1. The smallest absolute Gasteiger partial charge is 0.273 e. The van der Waals surface area contributed by atoms with Crippen LogP contribution in [0.2, 0.25) is 10.0 Å². The van der Waals surface area contributed by atoms with Crippen molar-refractivity contribution in [1.29, 1.82) is 0 Å². The van der Waals surface area contributed by atoms with Crippen molar-refractivity contribution in [1.82, 2.24) is 5.32 Å². The molecule has 0 amide bonds. The summed E-state index contributed by atoms with van der Waals surface area (Å²) in [6.45, 7) is 0.676. The topological polar surface area (TPSA) is 55.2 Å². The SMILES string of the molecule is O=[N+]([O-])c1ccc(Cl)cc1CNCc1ccc(F)c(Cl)c1. The van der Waals surface area contributed by atoms with Crippen LogP contribution in [0.4, 0.5) is 10.1 Å². The van der Waals surface area contributed by atoms with Gasteiger partial charge in [0, 0.05) is 29.7 Å². The van der Waals surface area contributed by atoms with E-state index < -0.39 is 10.7 Å². The number of nitro benzene ring substituents is 1. The number of nitrogens with zero attached hydrogens (tertiary/aromatic N) is 1. The third kappa shape index (κ3) is 4.14. The van der Waals surface area contributed by atoms with Gasteiger partial charge in [-0.1, -0.05) is 29.3 Å². The lowest BCUT2D eigenvalue weighted by atomic mass is 10.1.